The number of carbonyl (C=O) groups excluding carboxylic acids is 2. The number of ether oxygens (including phenoxy) is 3. The molecule has 2 aliphatic rings. The fourth-order valence-corrected chi connectivity index (χ4v) is 5.04. The van der Waals surface area contributed by atoms with E-state index in [1.54, 1.807) is 23.3 Å². The monoisotopic (exact) mass is 508 g/mol. The van der Waals surface area contributed by atoms with E-state index in [4.69, 9.17) is 19.3 Å². The minimum absolute atomic E-state index is 0.222. The predicted molar refractivity (Wildman–Crippen MR) is 137 cm³/mol. The Bertz CT molecular complexity index is 1320. The number of cyclic esters (lactones) is 1. The molecule has 188 valence electrons. The molecule has 0 unspecified atom stereocenters. The first-order valence-corrected chi connectivity index (χ1v) is 12.7. The number of allylic oxidation sites excluding steroid dienone is 1. The molecule has 5 rings (SSSR count). The second-order valence-corrected chi connectivity index (χ2v) is 9.66. The van der Waals surface area contributed by atoms with Gasteiger partial charge in [0.05, 0.1) is 25.0 Å². The Hall–Kier alpha value is -3.79. The fourth-order valence-electron chi connectivity index (χ4n) is 4.43. The van der Waals surface area contributed by atoms with Crippen LogP contribution in [0.25, 0.3) is 23.0 Å². The van der Waals surface area contributed by atoms with Crippen molar-refractivity contribution in [3.05, 3.63) is 51.4 Å². The molecule has 1 fully saturated rings. The first-order chi connectivity index (χ1) is 17.5. The molecule has 0 saturated carbocycles. The average Bonchev–Trinajstić information content (AvgIpc) is 3.61. The Morgan fingerprint density at radius 2 is 2.17 bits per heavy atom. The van der Waals surface area contributed by atoms with E-state index in [2.05, 4.69) is 11.4 Å². The smallest absolute Gasteiger partial charge is 0.409 e. The summed E-state index contributed by atoms with van der Waals surface area (Å²) in [4.78, 5) is 26.5. The number of thiophene rings is 1. The highest BCUT2D eigenvalue weighted by Crippen LogP contribution is 2.44. The number of amides is 2. The number of nitrogens with zero attached hydrogens (tertiary/aromatic N) is 3. The Labute approximate surface area is 213 Å². The van der Waals surface area contributed by atoms with Crippen LogP contribution >= 0.6 is 11.3 Å². The summed E-state index contributed by atoms with van der Waals surface area (Å²) >= 11 is 1.57. The Balaban J connectivity index is 1.47. The molecular weight excluding hydrogens is 480 g/mol. The number of nitrogens with one attached hydrogen (secondary N) is 1. The summed E-state index contributed by atoms with van der Waals surface area (Å²) in [5, 5.41) is 11.7. The van der Waals surface area contributed by atoms with Gasteiger partial charge in [-0.25, -0.2) is 9.48 Å². The van der Waals surface area contributed by atoms with Crippen LogP contribution in [0.1, 0.15) is 41.9 Å². The molecule has 1 saturated heterocycles. The Morgan fingerprint density at radius 3 is 2.86 bits per heavy atom. The Kier molecular flexibility index (Phi) is 6.69. The first kappa shape index (κ1) is 23.9. The number of benzene rings is 1. The third kappa shape index (κ3) is 4.56. The van der Waals surface area contributed by atoms with Gasteiger partial charge in [0.2, 0.25) is 0 Å². The molecule has 0 radical (unpaired) electrons. The maximum Gasteiger partial charge on any atom is 0.409 e. The summed E-state index contributed by atoms with van der Waals surface area (Å²) in [5.74, 6) is 1.14. The number of rotatable bonds is 8. The van der Waals surface area contributed by atoms with Crippen molar-refractivity contribution in [3.63, 3.8) is 0 Å². The van der Waals surface area contributed by atoms with Crippen molar-refractivity contribution < 1.29 is 23.8 Å². The van der Waals surface area contributed by atoms with Crippen molar-refractivity contribution >= 4 is 29.4 Å². The van der Waals surface area contributed by atoms with E-state index in [0.29, 0.717) is 44.1 Å². The molecule has 2 amide bonds. The maximum atomic E-state index is 13.2. The molecule has 2 aliphatic heterocycles. The maximum absolute atomic E-state index is 13.2. The largest absolute Gasteiger partial charge is 0.496 e. The summed E-state index contributed by atoms with van der Waals surface area (Å²) in [7, 11) is 1.64. The van der Waals surface area contributed by atoms with Crippen molar-refractivity contribution in [1.82, 2.24) is 20.0 Å². The predicted octanol–water partition coefficient (Wildman–Crippen LogP) is 4.50. The zero-order valence-electron chi connectivity index (χ0n) is 20.5. The van der Waals surface area contributed by atoms with Gasteiger partial charge in [0, 0.05) is 41.2 Å². The molecule has 4 heterocycles. The van der Waals surface area contributed by atoms with Crippen LogP contribution in [-0.2, 0) is 11.3 Å². The van der Waals surface area contributed by atoms with Gasteiger partial charge < -0.3 is 24.4 Å². The quantitative estimate of drug-likeness (QED) is 0.451. The van der Waals surface area contributed by atoms with E-state index in [1.807, 2.05) is 47.5 Å². The second kappa shape index (κ2) is 10.1. The lowest BCUT2D eigenvalue weighted by Gasteiger charge is -2.21. The highest BCUT2D eigenvalue weighted by Gasteiger charge is 2.31. The number of hydrogen-bond acceptors (Lipinski definition) is 7. The zero-order valence-corrected chi connectivity index (χ0v) is 21.3. The van der Waals surface area contributed by atoms with Crippen molar-refractivity contribution in [2.45, 2.75) is 26.9 Å². The molecule has 1 N–H and O–H groups in total. The molecular formula is C26H28N4O5S. The molecule has 0 atom stereocenters. The number of methoxy groups -OCH3 is 1. The number of carbonyl (C=O) groups is 2. The summed E-state index contributed by atoms with van der Waals surface area (Å²) in [6.07, 6.45) is 2.38. The van der Waals surface area contributed by atoms with E-state index in [1.165, 1.54) is 0 Å². The molecule has 1 aromatic carbocycles. The third-order valence-corrected chi connectivity index (χ3v) is 6.76. The summed E-state index contributed by atoms with van der Waals surface area (Å²) in [6, 6.07) is 5.89. The van der Waals surface area contributed by atoms with Crippen molar-refractivity contribution in [2.24, 2.45) is 0 Å². The van der Waals surface area contributed by atoms with Gasteiger partial charge in [0.1, 0.15) is 24.7 Å². The van der Waals surface area contributed by atoms with Gasteiger partial charge in [-0.1, -0.05) is 11.6 Å². The van der Waals surface area contributed by atoms with Crippen molar-refractivity contribution in [2.75, 3.05) is 33.4 Å². The first-order valence-electron chi connectivity index (χ1n) is 11.8. The van der Waals surface area contributed by atoms with E-state index in [9.17, 15) is 9.59 Å². The minimum atomic E-state index is -0.301. The minimum Gasteiger partial charge on any atom is -0.496 e. The molecule has 10 heteroatoms. The van der Waals surface area contributed by atoms with E-state index < -0.39 is 0 Å². The van der Waals surface area contributed by atoms with Crippen LogP contribution in [0.4, 0.5) is 4.79 Å². The number of fused-ring (bicyclic) bond motifs is 3. The summed E-state index contributed by atoms with van der Waals surface area (Å²) in [6.45, 7) is 6.24. The molecule has 0 bridgehead atoms. The highest BCUT2D eigenvalue weighted by molar-refractivity contribution is 7.08. The summed E-state index contributed by atoms with van der Waals surface area (Å²) < 4.78 is 18.5. The number of aromatic nitrogens is 2. The summed E-state index contributed by atoms with van der Waals surface area (Å²) in [5.41, 5.74) is 5.72. The number of hydrogen-bond donors (Lipinski definition) is 1. The van der Waals surface area contributed by atoms with E-state index in [0.717, 1.165) is 39.4 Å². The van der Waals surface area contributed by atoms with Gasteiger partial charge in [-0.3, -0.25) is 4.79 Å². The standard InChI is InChI=1S/C26H28N4O5S/c1-16(2)11-17-12-19-22(13-21(17)33-3)35-14-20-23(28-30(24(19)20)18-5-10-36-15-18)25(31)27-6-4-7-29-8-9-34-26(29)32/h5,10-13,15H,4,6-9,14H2,1-3H3,(H,27,31). The lowest BCUT2D eigenvalue weighted by molar-refractivity contribution is 0.0944. The molecule has 9 nitrogen and oxygen atoms in total. The van der Waals surface area contributed by atoms with E-state index >= 15 is 0 Å². The molecule has 3 aromatic rings. The van der Waals surface area contributed by atoms with Crippen LogP contribution < -0.4 is 14.8 Å². The van der Waals surface area contributed by atoms with Gasteiger partial charge in [-0.15, -0.1) is 0 Å². The fraction of sp³-hybridized carbons (Fsp3) is 0.346. The molecule has 2 aromatic heterocycles. The molecule has 0 aliphatic carbocycles. The van der Waals surface area contributed by atoms with Gasteiger partial charge >= 0.3 is 6.09 Å². The van der Waals surface area contributed by atoms with Crippen LogP contribution in [0.5, 0.6) is 11.5 Å². The molecule has 36 heavy (non-hydrogen) atoms. The third-order valence-electron chi connectivity index (χ3n) is 6.09. The SMILES string of the molecule is COc1cc2c(cc1C=C(C)C)-c1c(c(C(=O)NCCCN3CCOC3=O)nn1-c1ccsc1)CO2. The van der Waals surface area contributed by atoms with Crippen LogP contribution in [0, 0.1) is 0 Å². The van der Waals surface area contributed by atoms with Crippen molar-refractivity contribution in [1.29, 1.82) is 0 Å². The van der Waals surface area contributed by atoms with Gasteiger partial charge in [-0.2, -0.15) is 16.4 Å². The molecule has 0 spiro atoms. The van der Waals surface area contributed by atoms with Crippen LogP contribution in [0.15, 0.2) is 34.5 Å². The lowest BCUT2D eigenvalue weighted by atomic mass is 9.98. The lowest BCUT2D eigenvalue weighted by Crippen LogP contribution is -2.31. The van der Waals surface area contributed by atoms with Crippen LogP contribution in [0.3, 0.4) is 0 Å². The van der Waals surface area contributed by atoms with E-state index in [-0.39, 0.29) is 18.6 Å². The zero-order chi connectivity index (χ0) is 25.2. The van der Waals surface area contributed by atoms with Gasteiger partial charge in [0.25, 0.3) is 5.91 Å². The van der Waals surface area contributed by atoms with Crippen LogP contribution in [-0.4, -0.2) is 60.0 Å². The highest BCUT2D eigenvalue weighted by atomic mass is 32.1. The van der Waals surface area contributed by atoms with Crippen LogP contribution in [0.2, 0.25) is 0 Å². The van der Waals surface area contributed by atoms with Crippen molar-refractivity contribution in [3.8, 4) is 28.4 Å². The second-order valence-electron chi connectivity index (χ2n) is 8.88. The topological polar surface area (TPSA) is 94.9 Å². The average molecular weight is 509 g/mol. The van der Waals surface area contributed by atoms with Gasteiger partial charge in [0.15, 0.2) is 5.69 Å². The van der Waals surface area contributed by atoms with Gasteiger partial charge in [-0.05, 0) is 37.8 Å². The normalized spacial score (nSPS) is 14.0. The Morgan fingerprint density at radius 1 is 1.31 bits per heavy atom.